The Morgan fingerprint density at radius 1 is 1.12 bits per heavy atom. The lowest BCUT2D eigenvalue weighted by Gasteiger charge is -2.11. The number of nitrogens with one attached hydrogen (secondary N) is 2. The first-order valence-corrected chi connectivity index (χ1v) is 10.9. The Bertz CT molecular complexity index is 1080. The van der Waals surface area contributed by atoms with Crippen molar-refractivity contribution in [2.45, 2.75) is 25.6 Å². The van der Waals surface area contributed by atoms with Gasteiger partial charge in [-0.1, -0.05) is 23.5 Å². The maximum Gasteiger partial charge on any atom is 0.286 e. The Morgan fingerprint density at radius 2 is 1.94 bits per heavy atom. The van der Waals surface area contributed by atoms with Crippen LogP contribution in [-0.2, 0) is 11.3 Å². The van der Waals surface area contributed by atoms with Gasteiger partial charge in [-0.15, -0.1) is 10.2 Å². The fourth-order valence-electron chi connectivity index (χ4n) is 3.10. The first-order valence-electron chi connectivity index (χ1n) is 10.1. The number of nitrogens with zero attached hydrogens (tertiary/aromatic N) is 2. The van der Waals surface area contributed by atoms with E-state index in [4.69, 9.17) is 9.47 Å². The summed E-state index contributed by atoms with van der Waals surface area (Å²) in [5.74, 6) is -0.690. The number of hydrogen-bond acceptors (Lipinski definition) is 7. The standard InChI is InChI=1S/C22H21FN4O4S/c23-17-5-1-2-6-18(17)25-21(29)22-27-26-19(32-22)13-31-15-9-7-14(8-10-15)20(28)24-12-16-4-3-11-30-16/h1-2,5-10,16H,3-4,11-13H2,(H,24,28)(H,25,29)/t16-/m1/s1. The van der Waals surface area contributed by atoms with Crippen molar-refractivity contribution in [1.29, 1.82) is 0 Å². The van der Waals surface area contributed by atoms with Crippen molar-refractivity contribution in [3.8, 4) is 5.75 Å². The number of carbonyl (C=O) groups excluding carboxylic acids is 2. The van der Waals surface area contributed by atoms with Crippen LogP contribution in [0.5, 0.6) is 5.75 Å². The minimum Gasteiger partial charge on any atom is -0.486 e. The smallest absolute Gasteiger partial charge is 0.286 e. The van der Waals surface area contributed by atoms with Crippen molar-refractivity contribution in [1.82, 2.24) is 15.5 Å². The maximum atomic E-state index is 13.7. The number of carbonyl (C=O) groups is 2. The Hall–Kier alpha value is -3.37. The van der Waals surface area contributed by atoms with Gasteiger partial charge < -0.3 is 20.1 Å². The molecule has 1 atom stereocenters. The van der Waals surface area contributed by atoms with Crippen LogP contribution in [-0.4, -0.2) is 41.3 Å². The van der Waals surface area contributed by atoms with Gasteiger partial charge in [-0.3, -0.25) is 9.59 Å². The van der Waals surface area contributed by atoms with E-state index < -0.39 is 11.7 Å². The molecule has 0 radical (unpaired) electrons. The third-order valence-corrected chi connectivity index (χ3v) is 5.67. The van der Waals surface area contributed by atoms with Gasteiger partial charge in [0.05, 0.1) is 11.8 Å². The van der Waals surface area contributed by atoms with Crippen LogP contribution in [0.15, 0.2) is 48.5 Å². The molecule has 4 rings (SSSR count). The summed E-state index contributed by atoms with van der Waals surface area (Å²) in [6.07, 6.45) is 2.08. The number of halogens is 1. The van der Waals surface area contributed by atoms with E-state index in [0.717, 1.165) is 30.8 Å². The normalized spacial score (nSPS) is 15.3. The molecule has 1 fully saturated rings. The second-order valence-corrected chi connectivity index (χ2v) is 8.16. The zero-order chi connectivity index (χ0) is 22.3. The van der Waals surface area contributed by atoms with Gasteiger partial charge in [0.1, 0.15) is 18.2 Å². The number of rotatable bonds is 8. The Balaban J connectivity index is 1.26. The predicted octanol–water partition coefficient (Wildman–Crippen LogP) is 3.42. The molecule has 1 aromatic heterocycles. The van der Waals surface area contributed by atoms with Crippen LogP contribution in [0.1, 0.15) is 38.0 Å². The number of anilines is 1. The summed E-state index contributed by atoms with van der Waals surface area (Å²) >= 11 is 1.05. The van der Waals surface area contributed by atoms with E-state index in [-0.39, 0.29) is 29.3 Å². The average molecular weight is 456 g/mol. The van der Waals surface area contributed by atoms with Crippen molar-refractivity contribution in [2.24, 2.45) is 0 Å². The molecule has 0 unspecified atom stereocenters. The van der Waals surface area contributed by atoms with E-state index in [9.17, 15) is 14.0 Å². The first-order chi connectivity index (χ1) is 15.6. The molecule has 1 saturated heterocycles. The zero-order valence-electron chi connectivity index (χ0n) is 17.0. The first kappa shape index (κ1) is 21.8. The molecule has 3 aromatic rings. The van der Waals surface area contributed by atoms with Crippen LogP contribution in [0.4, 0.5) is 10.1 Å². The largest absolute Gasteiger partial charge is 0.486 e. The molecular formula is C22H21FN4O4S. The molecule has 10 heteroatoms. The lowest BCUT2D eigenvalue weighted by Crippen LogP contribution is -2.31. The fraction of sp³-hybridized carbons (Fsp3) is 0.273. The molecule has 0 bridgehead atoms. The summed E-state index contributed by atoms with van der Waals surface area (Å²) in [5, 5.41) is 13.7. The zero-order valence-corrected chi connectivity index (χ0v) is 17.9. The van der Waals surface area contributed by atoms with Crippen molar-refractivity contribution >= 4 is 28.8 Å². The monoisotopic (exact) mass is 456 g/mol. The van der Waals surface area contributed by atoms with E-state index >= 15 is 0 Å². The van der Waals surface area contributed by atoms with E-state index in [1.807, 2.05) is 0 Å². The summed E-state index contributed by atoms with van der Waals surface area (Å²) < 4.78 is 24.8. The van der Waals surface area contributed by atoms with Crippen LogP contribution in [0.2, 0.25) is 0 Å². The summed E-state index contributed by atoms with van der Waals surface area (Å²) in [4.78, 5) is 24.5. The molecule has 0 aliphatic carbocycles. The molecule has 2 amide bonds. The highest BCUT2D eigenvalue weighted by atomic mass is 32.1. The van der Waals surface area contributed by atoms with E-state index in [1.165, 1.54) is 18.2 Å². The molecule has 2 aromatic carbocycles. The molecular weight excluding hydrogens is 435 g/mol. The number of hydrogen-bond donors (Lipinski definition) is 2. The van der Waals surface area contributed by atoms with Gasteiger partial charge in [0.15, 0.2) is 5.01 Å². The maximum absolute atomic E-state index is 13.7. The second kappa shape index (κ2) is 10.3. The minimum atomic E-state index is -0.544. The molecule has 1 aliphatic heterocycles. The quantitative estimate of drug-likeness (QED) is 0.539. The molecule has 2 N–H and O–H groups in total. The average Bonchev–Trinajstić information content (AvgIpc) is 3.50. The van der Waals surface area contributed by atoms with Gasteiger partial charge in [0.2, 0.25) is 5.01 Å². The van der Waals surface area contributed by atoms with Crippen LogP contribution < -0.4 is 15.4 Å². The van der Waals surface area contributed by atoms with Crippen LogP contribution in [0.25, 0.3) is 0 Å². The minimum absolute atomic E-state index is 0.0744. The third kappa shape index (κ3) is 5.65. The SMILES string of the molecule is O=C(NC[C@H]1CCCO1)c1ccc(OCc2nnc(C(=O)Nc3ccccc3F)s2)cc1. The number of para-hydroxylation sites is 1. The van der Waals surface area contributed by atoms with Gasteiger partial charge in [0.25, 0.3) is 11.8 Å². The van der Waals surface area contributed by atoms with Crippen molar-refractivity contribution in [2.75, 3.05) is 18.5 Å². The highest BCUT2D eigenvalue weighted by Crippen LogP contribution is 2.19. The lowest BCUT2D eigenvalue weighted by molar-refractivity contribution is 0.0857. The lowest BCUT2D eigenvalue weighted by atomic mass is 10.2. The third-order valence-electron chi connectivity index (χ3n) is 4.78. The molecule has 8 nitrogen and oxygen atoms in total. The van der Waals surface area contributed by atoms with Gasteiger partial charge in [-0.25, -0.2) is 4.39 Å². The number of ether oxygens (including phenoxy) is 2. The topological polar surface area (TPSA) is 102 Å². The van der Waals surface area contributed by atoms with Crippen molar-refractivity contribution < 1.29 is 23.5 Å². The van der Waals surface area contributed by atoms with Crippen LogP contribution >= 0.6 is 11.3 Å². The molecule has 32 heavy (non-hydrogen) atoms. The second-order valence-electron chi connectivity index (χ2n) is 7.09. The molecule has 0 saturated carbocycles. The Kier molecular flexibility index (Phi) is 7.03. The van der Waals surface area contributed by atoms with Gasteiger partial charge in [-0.05, 0) is 49.2 Å². The molecule has 166 valence electrons. The molecule has 2 heterocycles. The summed E-state index contributed by atoms with van der Waals surface area (Å²) in [5.41, 5.74) is 0.601. The Labute approximate surface area is 187 Å². The summed E-state index contributed by atoms with van der Waals surface area (Å²) in [6.45, 7) is 1.36. The highest BCUT2D eigenvalue weighted by molar-refractivity contribution is 7.13. The number of benzene rings is 2. The van der Waals surface area contributed by atoms with Crippen LogP contribution in [0, 0.1) is 5.82 Å². The van der Waals surface area contributed by atoms with Crippen LogP contribution in [0.3, 0.4) is 0 Å². The number of amides is 2. The fourth-order valence-corrected chi connectivity index (χ4v) is 3.75. The van der Waals surface area contributed by atoms with Crippen molar-refractivity contribution in [3.05, 3.63) is 69.9 Å². The molecule has 1 aliphatic rings. The summed E-state index contributed by atoms with van der Waals surface area (Å²) in [6, 6.07) is 12.6. The van der Waals surface area contributed by atoms with Gasteiger partial charge in [-0.2, -0.15) is 0 Å². The van der Waals surface area contributed by atoms with E-state index in [2.05, 4.69) is 20.8 Å². The van der Waals surface area contributed by atoms with Gasteiger partial charge in [0, 0.05) is 18.7 Å². The van der Waals surface area contributed by atoms with E-state index in [1.54, 1.807) is 30.3 Å². The predicted molar refractivity (Wildman–Crippen MR) is 116 cm³/mol. The highest BCUT2D eigenvalue weighted by Gasteiger charge is 2.17. The molecule has 0 spiro atoms. The van der Waals surface area contributed by atoms with Crippen molar-refractivity contribution in [3.63, 3.8) is 0 Å². The Morgan fingerprint density at radius 3 is 2.69 bits per heavy atom. The summed E-state index contributed by atoms with van der Waals surface area (Å²) in [7, 11) is 0. The van der Waals surface area contributed by atoms with Gasteiger partial charge >= 0.3 is 0 Å². The van der Waals surface area contributed by atoms with E-state index in [0.29, 0.717) is 22.9 Å². The number of aromatic nitrogens is 2.